The third-order valence-corrected chi connectivity index (χ3v) is 1.81. The topological polar surface area (TPSA) is 62.7 Å². The Balaban J connectivity index is 2.84. The maximum atomic E-state index is 12.6. The molecule has 1 aromatic carbocycles. The van der Waals surface area contributed by atoms with Gasteiger partial charge in [0.2, 0.25) is 0 Å². The Bertz CT molecular complexity index is 459. The number of benzene rings is 1. The predicted octanol–water partition coefficient (Wildman–Crippen LogP) is 1.68. The molecular formula is C11H9FN2O2. The summed E-state index contributed by atoms with van der Waals surface area (Å²) < 4.78 is 16.9. The van der Waals surface area contributed by atoms with Gasteiger partial charge in [0.05, 0.1) is 7.11 Å². The van der Waals surface area contributed by atoms with Gasteiger partial charge in [0.25, 0.3) is 0 Å². The number of methoxy groups -OCH3 is 1. The molecule has 0 amide bonds. The fourth-order valence-electron chi connectivity index (χ4n) is 0.996. The summed E-state index contributed by atoms with van der Waals surface area (Å²) in [4.78, 5) is 13.8. The molecule has 0 fully saturated rings. The number of hydrogen-bond acceptors (Lipinski definition) is 2. The molecule has 0 bridgehead atoms. The minimum absolute atomic E-state index is 0.230. The van der Waals surface area contributed by atoms with Crippen LogP contribution in [0.1, 0.15) is 5.56 Å². The van der Waals surface area contributed by atoms with E-state index in [2.05, 4.69) is 9.53 Å². The zero-order valence-corrected chi connectivity index (χ0v) is 8.55. The van der Waals surface area contributed by atoms with Crippen LogP contribution in [-0.4, -0.2) is 23.6 Å². The molecule has 1 aromatic rings. The van der Waals surface area contributed by atoms with Crippen molar-refractivity contribution in [3.05, 3.63) is 47.3 Å². The SMILES string of the molecule is COC(=O)C(/C=C/c1ccc(F)cc1)=[N+]=[N-]. The van der Waals surface area contributed by atoms with Crippen molar-refractivity contribution in [3.8, 4) is 0 Å². The summed E-state index contributed by atoms with van der Waals surface area (Å²) in [6.07, 6.45) is 2.78. The molecule has 0 spiro atoms. The second-order valence-electron chi connectivity index (χ2n) is 2.86. The van der Waals surface area contributed by atoms with E-state index in [1.165, 1.54) is 43.5 Å². The fourth-order valence-corrected chi connectivity index (χ4v) is 0.996. The maximum absolute atomic E-state index is 12.6. The first kappa shape index (κ1) is 11.8. The number of nitrogens with zero attached hydrogens (tertiary/aromatic N) is 2. The maximum Gasteiger partial charge on any atom is 0.421 e. The molecule has 0 unspecified atom stereocenters. The molecule has 0 aliphatic heterocycles. The van der Waals surface area contributed by atoms with E-state index in [0.717, 1.165) is 0 Å². The van der Waals surface area contributed by atoms with Crippen LogP contribution in [0, 0.1) is 5.82 Å². The smallest absolute Gasteiger partial charge is 0.421 e. The summed E-state index contributed by atoms with van der Waals surface area (Å²) in [6, 6.07) is 5.62. The molecule has 0 radical (unpaired) electrons. The van der Waals surface area contributed by atoms with E-state index in [9.17, 15) is 9.18 Å². The van der Waals surface area contributed by atoms with Gasteiger partial charge in [-0.1, -0.05) is 12.1 Å². The second-order valence-corrected chi connectivity index (χ2v) is 2.86. The Hall–Kier alpha value is -2.26. The van der Waals surface area contributed by atoms with Gasteiger partial charge in [-0.2, -0.15) is 4.79 Å². The highest BCUT2D eigenvalue weighted by atomic mass is 19.1. The van der Waals surface area contributed by atoms with Gasteiger partial charge in [-0.25, -0.2) is 9.18 Å². The Labute approximate surface area is 91.6 Å². The van der Waals surface area contributed by atoms with Crippen LogP contribution in [0.25, 0.3) is 11.6 Å². The molecule has 1 rings (SSSR count). The van der Waals surface area contributed by atoms with Crippen LogP contribution in [0.15, 0.2) is 30.3 Å². The quantitative estimate of drug-likeness (QED) is 0.336. The van der Waals surface area contributed by atoms with Crippen molar-refractivity contribution in [1.82, 2.24) is 0 Å². The molecule has 82 valence electrons. The van der Waals surface area contributed by atoms with Crippen LogP contribution in [0.2, 0.25) is 0 Å². The Kier molecular flexibility index (Phi) is 4.12. The normalized spacial score (nSPS) is 9.88. The lowest BCUT2D eigenvalue weighted by Gasteiger charge is -1.91. The van der Waals surface area contributed by atoms with Gasteiger partial charge < -0.3 is 10.3 Å². The largest absolute Gasteiger partial charge is 0.460 e. The first-order chi connectivity index (χ1) is 7.67. The number of hydrogen-bond donors (Lipinski definition) is 0. The van der Waals surface area contributed by atoms with Gasteiger partial charge in [0, 0.05) is 6.08 Å². The van der Waals surface area contributed by atoms with Gasteiger partial charge in [-0.3, -0.25) is 0 Å². The number of ether oxygens (including phenoxy) is 1. The highest BCUT2D eigenvalue weighted by Gasteiger charge is 2.16. The lowest BCUT2D eigenvalue weighted by atomic mass is 10.2. The van der Waals surface area contributed by atoms with Crippen molar-refractivity contribution in [2.45, 2.75) is 0 Å². The third kappa shape index (κ3) is 3.15. The average molecular weight is 220 g/mol. The predicted molar refractivity (Wildman–Crippen MR) is 56.1 cm³/mol. The lowest BCUT2D eigenvalue weighted by Crippen LogP contribution is -2.13. The Morgan fingerprint density at radius 2 is 2.06 bits per heavy atom. The highest BCUT2D eigenvalue weighted by molar-refractivity contribution is 6.39. The summed E-state index contributed by atoms with van der Waals surface area (Å²) in [5, 5.41) is 0. The molecule has 0 aliphatic carbocycles. The summed E-state index contributed by atoms with van der Waals surface area (Å²) in [5.74, 6) is -1.10. The van der Waals surface area contributed by atoms with Gasteiger partial charge in [-0.05, 0) is 23.8 Å². The summed E-state index contributed by atoms with van der Waals surface area (Å²) >= 11 is 0. The molecule has 0 N–H and O–H groups in total. The van der Waals surface area contributed by atoms with Gasteiger partial charge in [-0.15, -0.1) is 0 Å². The second kappa shape index (κ2) is 5.58. The van der Waals surface area contributed by atoms with Crippen LogP contribution in [0.3, 0.4) is 0 Å². The highest BCUT2D eigenvalue weighted by Crippen LogP contribution is 2.04. The minimum atomic E-state index is -0.749. The number of rotatable bonds is 3. The molecule has 0 saturated carbocycles. The third-order valence-electron chi connectivity index (χ3n) is 1.81. The van der Waals surface area contributed by atoms with Crippen molar-refractivity contribution < 1.29 is 18.7 Å². The first-order valence-corrected chi connectivity index (χ1v) is 4.41. The van der Waals surface area contributed by atoms with E-state index in [-0.39, 0.29) is 11.5 Å². The summed E-state index contributed by atoms with van der Waals surface area (Å²) in [7, 11) is 1.18. The van der Waals surface area contributed by atoms with Crippen molar-refractivity contribution in [3.63, 3.8) is 0 Å². The van der Waals surface area contributed by atoms with Crippen molar-refractivity contribution in [1.29, 1.82) is 0 Å². The number of esters is 1. The molecule has 0 atom stereocenters. The molecule has 0 aromatic heterocycles. The van der Waals surface area contributed by atoms with Crippen LogP contribution in [0.4, 0.5) is 4.39 Å². The average Bonchev–Trinajstić information content (AvgIpc) is 2.31. The summed E-state index contributed by atoms with van der Waals surface area (Å²) in [5.41, 5.74) is 8.97. The van der Waals surface area contributed by atoms with E-state index >= 15 is 0 Å². The van der Waals surface area contributed by atoms with Gasteiger partial charge >= 0.3 is 11.7 Å². The number of halogens is 1. The summed E-state index contributed by atoms with van der Waals surface area (Å²) in [6.45, 7) is 0. The molecule has 16 heavy (non-hydrogen) atoms. The molecule has 4 nitrogen and oxygen atoms in total. The first-order valence-electron chi connectivity index (χ1n) is 4.41. The van der Waals surface area contributed by atoms with E-state index in [0.29, 0.717) is 5.56 Å². The monoisotopic (exact) mass is 220 g/mol. The van der Waals surface area contributed by atoms with Crippen LogP contribution >= 0.6 is 0 Å². The van der Waals surface area contributed by atoms with E-state index in [1.54, 1.807) is 0 Å². The zero-order valence-electron chi connectivity index (χ0n) is 8.55. The molecule has 0 heterocycles. The Morgan fingerprint density at radius 1 is 1.44 bits per heavy atom. The van der Waals surface area contributed by atoms with Crippen molar-refractivity contribution >= 4 is 17.8 Å². The number of carbonyl (C=O) groups excluding carboxylic acids is 1. The molecule has 0 aliphatic rings. The molecule has 5 heteroatoms. The van der Waals surface area contributed by atoms with Crippen LogP contribution in [-0.2, 0) is 9.53 Å². The van der Waals surface area contributed by atoms with E-state index in [4.69, 9.17) is 5.53 Å². The van der Waals surface area contributed by atoms with Gasteiger partial charge in [0.1, 0.15) is 5.82 Å². The van der Waals surface area contributed by atoms with E-state index in [1.807, 2.05) is 0 Å². The minimum Gasteiger partial charge on any atom is -0.460 e. The van der Waals surface area contributed by atoms with Crippen LogP contribution in [0.5, 0.6) is 0 Å². The van der Waals surface area contributed by atoms with E-state index < -0.39 is 5.97 Å². The van der Waals surface area contributed by atoms with Crippen LogP contribution < -0.4 is 0 Å². The van der Waals surface area contributed by atoms with Crippen molar-refractivity contribution in [2.24, 2.45) is 0 Å². The molecular weight excluding hydrogens is 211 g/mol. The van der Waals surface area contributed by atoms with Crippen molar-refractivity contribution in [2.75, 3.05) is 7.11 Å². The Morgan fingerprint density at radius 3 is 2.56 bits per heavy atom. The zero-order chi connectivity index (χ0) is 12.0. The van der Waals surface area contributed by atoms with Gasteiger partial charge in [0.15, 0.2) is 0 Å². The fraction of sp³-hybridized carbons (Fsp3) is 0.0909. The number of carbonyl (C=O) groups is 1. The standard InChI is InChI=1S/C11H9FN2O2/c1-16-11(15)10(14-13)7-4-8-2-5-9(12)6-3-8/h2-7H,1H3/b7-4+. The molecule has 0 saturated heterocycles. The lowest BCUT2D eigenvalue weighted by molar-refractivity contribution is -0.137.